The van der Waals surface area contributed by atoms with Crippen LogP contribution in [-0.4, -0.2) is 21.2 Å². The van der Waals surface area contributed by atoms with E-state index in [2.05, 4.69) is 15.0 Å². The molecule has 0 bridgehead atoms. The summed E-state index contributed by atoms with van der Waals surface area (Å²) < 4.78 is 0. The smallest absolute Gasteiger partial charge is 0.150 e. The number of hydrogen-bond acceptors (Lipinski definition) is 3. The lowest BCUT2D eigenvalue weighted by molar-refractivity contribution is 0.112. The van der Waals surface area contributed by atoms with Crippen LogP contribution in [0.2, 0.25) is 0 Å². The number of hydrogen-bond donors (Lipinski definition) is 1. The van der Waals surface area contributed by atoms with Crippen LogP contribution < -0.4 is 0 Å². The van der Waals surface area contributed by atoms with Crippen LogP contribution in [-0.2, 0) is 0 Å². The summed E-state index contributed by atoms with van der Waals surface area (Å²) in [5.74, 6) is 0.782. The van der Waals surface area contributed by atoms with E-state index in [1.807, 2.05) is 24.3 Å². The van der Waals surface area contributed by atoms with E-state index in [0.717, 1.165) is 28.9 Å². The fraction of sp³-hybridized carbons (Fsp3) is 0. The predicted molar refractivity (Wildman–Crippen MR) is 72.6 cm³/mol. The monoisotopic (exact) mass is 249 g/mol. The number of nitrogens with zero attached hydrogens (tertiary/aromatic N) is 2. The van der Waals surface area contributed by atoms with Crippen molar-refractivity contribution in [3.05, 3.63) is 60.6 Å². The number of imidazole rings is 1. The van der Waals surface area contributed by atoms with Crippen LogP contribution in [0.15, 0.2) is 55.0 Å². The van der Waals surface area contributed by atoms with Gasteiger partial charge in [-0.1, -0.05) is 24.3 Å². The van der Waals surface area contributed by atoms with Crippen LogP contribution in [0.1, 0.15) is 10.4 Å². The van der Waals surface area contributed by atoms with Gasteiger partial charge in [0, 0.05) is 29.1 Å². The molecule has 3 rings (SSSR count). The summed E-state index contributed by atoms with van der Waals surface area (Å²) in [6, 6.07) is 11.1. The molecule has 4 heteroatoms. The van der Waals surface area contributed by atoms with Gasteiger partial charge in [-0.25, -0.2) is 4.98 Å². The lowest BCUT2D eigenvalue weighted by Crippen LogP contribution is -1.83. The summed E-state index contributed by atoms with van der Waals surface area (Å²) >= 11 is 0. The number of rotatable bonds is 3. The van der Waals surface area contributed by atoms with Gasteiger partial charge in [-0.15, -0.1) is 0 Å². The summed E-state index contributed by atoms with van der Waals surface area (Å²) in [7, 11) is 0. The highest BCUT2D eigenvalue weighted by Gasteiger charge is 2.05. The molecule has 92 valence electrons. The number of H-pyrrole nitrogens is 1. The molecule has 1 N–H and O–H groups in total. The molecule has 2 aromatic heterocycles. The first-order valence-electron chi connectivity index (χ1n) is 5.88. The maximum atomic E-state index is 10.6. The molecule has 0 fully saturated rings. The Morgan fingerprint density at radius 3 is 2.37 bits per heavy atom. The summed E-state index contributed by atoms with van der Waals surface area (Å²) in [6.07, 6.45) is 6.11. The first-order valence-corrected chi connectivity index (χ1v) is 5.88. The van der Waals surface area contributed by atoms with Crippen LogP contribution in [0.3, 0.4) is 0 Å². The molecule has 2 heterocycles. The molecule has 0 saturated heterocycles. The maximum Gasteiger partial charge on any atom is 0.150 e. The Morgan fingerprint density at radius 1 is 0.947 bits per heavy atom. The van der Waals surface area contributed by atoms with E-state index in [-0.39, 0.29) is 0 Å². The van der Waals surface area contributed by atoms with Crippen LogP contribution in [0.4, 0.5) is 0 Å². The van der Waals surface area contributed by atoms with Gasteiger partial charge in [0.1, 0.15) is 12.1 Å². The fourth-order valence-corrected chi connectivity index (χ4v) is 1.87. The maximum absolute atomic E-state index is 10.6. The number of carbonyl (C=O) groups is 1. The lowest BCUT2D eigenvalue weighted by atomic mass is 10.1. The molecule has 0 aliphatic heterocycles. The van der Waals surface area contributed by atoms with Crippen LogP contribution >= 0.6 is 0 Å². The van der Waals surface area contributed by atoms with E-state index in [1.54, 1.807) is 30.7 Å². The van der Waals surface area contributed by atoms with Crippen molar-refractivity contribution in [3.8, 4) is 22.6 Å². The van der Waals surface area contributed by atoms with Gasteiger partial charge in [-0.2, -0.15) is 0 Å². The van der Waals surface area contributed by atoms with Crippen LogP contribution in [0.25, 0.3) is 22.6 Å². The van der Waals surface area contributed by atoms with Crippen molar-refractivity contribution in [2.24, 2.45) is 0 Å². The van der Waals surface area contributed by atoms with Gasteiger partial charge in [-0.05, 0) is 12.1 Å². The number of pyridine rings is 1. The highest BCUT2D eigenvalue weighted by atomic mass is 16.1. The van der Waals surface area contributed by atoms with Crippen LogP contribution in [0.5, 0.6) is 0 Å². The van der Waals surface area contributed by atoms with Crippen molar-refractivity contribution in [3.63, 3.8) is 0 Å². The Morgan fingerprint density at radius 2 is 1.68 bits per heavy atom. The van der Waals surface area contributed by atoms with Crippen molar-refractivity contribution >= 4 is 6.29 Å². The zero-order chi connectivity index (χ0) is 13.1. The molecular weight excluding hydrogens is 238 g/mol. The standard InChI is InChI=1S/C15H11N3O/c19-10-11-1-3-13(4-2-11)15-17-9-14(18-15)12-5-7-16-8-6-12/h1-10H,(H,17,18). The first kappa shape index (κ1) is 11.3. The van der Waals surface area contributed by atoms with Gasteiger partial charge >= 0.3 is 0 Å². The van der Waals surface area contributed by atoms with E-state index in [0.29, 0.717) is 5.56 Å². The average Bonchev–Trinajstić information content (AvgIpc) is 2.98. The van der Waals surface area contributed by atoms with Crippen LogP contribution in [0, 0.1) is 0 Å². The van der Waals surface area contributed by atoms with E-state index >= 15 is 0 Å². The second-order valence-electron chi connectivity index (χ2n) is 4.12. The molecule has 0 atom stereocenters. The number of nitrogens with one attached hydrogen (secondary N) is 1. The van der Waals surface area contributed by atoms with Crippen molar-refractivity contribution < 1.29 is 4.79 Å². The molecule has 0 amide bonds. The highest BCUT2D eigenvalue weighted by Crippen LogP contribution is 2.21. The molecule has 0 saturated carbocycles. The number of carbonyl (C=O) groups excluding carboxylic acids is 1. The normalized spacial score (nSPS) is 10.3. The first-order chi connectivity index (χ1) is 9.36. The van der Waals surface area contributed by atoms with Crippen molar-refractivity contribution in [2.75, 3.05) is 0 Å². The molecule has 0 radical (unpaired) electrons. The highest BCUT2D eigenvalue weighted by molar-refractivity contribution is 5.76. The Balaban J connectivity index is 1.94. The lowest BCUT2D eigenvalue weighted by Gasteiger charge is -1.98. The molecule has 0 unspecified atom stereocenters. The van der Waals surface area contributed by atoms with E-state index in [4.69, 9.17) is 0 Å². The van der Waals surface area contributed by atoms with E-state index in [9.17, 15) is 4.79 Å². The number of aromatic amines is 1. The number of aromatic nitrogens is 3. The Labute approximate surface area is 110 Å². The van der Waals surface area contributed by atoms with E-state index in [1.165, 1.54) is 0 Å². The fourth-order valence-electron chi connectivity index (χ4n) is 1.87. The zero-order valence-corrected chi connectivity index (χ0v) is 10.1. The zero-order valence-electron chi connectivity index (χ0n) is 10.1. The van der Waals surface area contributed by atoms with E-state index < -0.39 is 0 Å². The summed E-state index contributed by atoms with van der Waals surface area (Å²) in [5, 5.41) is 0. The van der Waals surface area contributed by atoms with Gasteiger partial charge in [0.05, 0.1) is 11.9 Å². The molecule has 0 aliphatic rings. The number of benzene rings is 1. The van der Waals surface area contributed by atoms with Crippen molar-refractivity contribution in [1.82, 2.24) is 15.0 Å². The SMILES string of the molecule is O=Cc1ccc(-c2ncc(-c3ccncc3)[nH]2)cc1. The predicted octanol–water partition coefficient (Wildman–Crippen LogP) is 2.95. The minimum absolute atomic E-state index is 0.657. The van der Waals surface area contributed by atoms with Gasteiger partial charge < -0.3 is 4.98 Å². The Bertz CT molecular complexity index is 687. The Kier molecular flexibility index (Phi) is 2.90. The van der Waals surface area contributed by atoms with Gasteiger partial charge in [0.15, 0.2) is 0 Å². The quantitative estimate of drug-likeness (QED) is 0.726. The third-order valence-electron chi connectivity index (χ3n) is 2.89. The van der Waals surface area contributed by atoms with Gasteiger partial charge in [0.2, 0.25) is 0 Å². The van der Waals surface area contributed by atoms with Gasteiger partial charge in [-0.3, -0.25) is 9.78 Å². The minimum atomic E-state index is 0.657. The molecular formula is C15H11N3O. The Hall–Kier alpha value is -2.75. The topological polar surface area (TPSA) is 58.6 Å². The largest absolute Gasteiger partial charge is 0.338 e. The average molecular weight is 249 g/mol. The third kappa shape index (κ3) is 2.28. The molecule has 0 spiro atoms. The molecule has 4 nitrogen and oxygen atoms in total. The molecule has 0 aliphatic carbocycles. The number of aldehydes is 1. The van der Waals surface area contributed by atoms with Crippen molar-refractivity contribution in [2.45, 2.75) is 0 Å². The molecule has 19 heavy (non-hydrogen) atoms. The third-order valence-corrected chi connectivity index (χ3v) is 2.89. The van der Waals surface area contributed by atoms with Gasteiger partial charge in [0.25, 0.3) is 0 Å². The summed E-state index contributed by atoms with van der Waals surface area (Å²) in [4.78, 5) is 22.2. The molecule has 1 aromatic carbocycles. The summed E-state index contributed by atoms with van der Waals surface area (Å²) in [5.41, 5.74) is 3.59. The minimum Gasteiger partial charge on any atom is -0.338 e. The second-order valence-corrected chi connectivity index (χ2v) is 4.12. The second kappa shape index (κ2) is 4.86. The summed E-state index contributed by atoms with van der Waals surface area (Å²) in [6.45, 7) is 0. The van der Waals surface area contributed by atoms with Crippen molar-refractivity contribution in [1.29, 1.82) is 0 Å². The molecule has 3 aromatic rings.